The molecule has 7 nitrogen and oxygen atoms in total. The number of tetrazole rings is 1. The average Bonchev–Trinajstić information content (AvgIpc) is 2.48. The number of nitrogens with two attached hydrogens (primary N) is 1. The quantitative estimate of drug-likeness (QED) is 0.525. The number of nitrogens with zero attached hydrogens (tertiary/aromatic N) is 4. The van der Waals surface area contributed by atoms with Crippen LogP contribution >= 0.6 is 0 Å². The minimum absolute atomic E-state index is 0.472. The Morgan fingerprint density at radius 1 is 1.43 bits per heavy atom. The van der Waals surface area contributed by atoms with E-state index in [1.165, 1.54) is 0 Å². The third-order valence-corrected chi connectivity index (χ3v) is 1.82. The van der Waals surface area contributed by atoms with E-state index in [0.29, 0.717) is 11.2 Å². The normalized spacial score (nSPS) is 10.4. The van der Waals surface area contributed by atoms with Crippen LogP contribution < -0.4 is 11.4 Å². The van der Waals surface area contributed by atoms with Crippen LogP contribution in [0.2, 0.25) is 0 Å². The summed E-state index contributed by atoms with van der Waals surface area (Å²) in [5.74, 6) is 0. The van der Waals surface area contributed by atoms with Gasteiger partial charge in [-0.1, -0.05) is 19.8 Å². The number of hydrogen-bond donors (Lipinski definition) is 1. The topological polar surface area (TPSA) is 95.8 Å². The fraction of sp³-hybridized carbons (Fsp3) is 0.714. The van der Waals surface area contributed by atoms with Gasteiger partial charge >= 0.3 is 11.7 Å². The van der Waals surface area contributed by atoms with Crippen LogP contribution in [-0.2, 0) is 6.54 Å². The SMILES string of the molecule is CCCCCn1nnn(C(N)=O)c1=O. The van der Waals surface area contributed by atoms with E-state index in [9.17, 15) is 9.59 Å². The van der Waals surface area contributed by atoms with E-state index in [1.54, 1.807) is 0 Å². The molecule has 0 aliphatic carbocycles. The van der Waals surface area contributed by atoms with Gasteiger partial charge in [0.25, 0.3) is 0 Å². The molecule has 7 heteroatoms. The van der Waals surface area contributed by atoms with E-state index < -0.39 is 11.7 Å². The summed E-state index contributed by atoms with van der Waals surface area (Å²) >= 11 is 0. The van der Waals surface area contributed by atoms with Crippen molar-refractivity contribution < 1.29 is 4.79 Å². The molecule has 0 aliphatic heterocycles. The minimum Gasteiger partial charge on any atom is -0.350 e. The number of aromatic nitrogens is 4. The van der Waals surface area contributed by atoms with Crippen molar-refractivity contribution in [2.75, 3.05) is 0 Å². The molecule has 1 heterocycles. The van der Waals surface area contributed by atoms with Crippen LogP contribution in [0.3, 0.4) is 0 Å². The van der Waals surface area contributed by atoms with Crippen LogP contribution in [0.15, 0.2) is 4.79 Å². The first-order valence-electron chi connectivity index (χ1n) is 4.49. The van der Waals surface area contributed by atoms with Crippen LogP contribution in [0.4, 0.5) is 4.79 Å². The maximum absolute atomic E-state index is 11.3. The van der Waals surface area contributed by atoms with Crippen LogP contribution in [0.25, 0.3) is 0 Å². The first-order chi connectivity index (χ1) is 6.66. The zero-order valence-corrected chi connectivity index (χ0v) is 8.01. The molecule has 0 aliphatic rings. The summed E-state index contributed by atoms with van der Waals surface area (Å²) in [6, 6.07) is -0.906. The van der Waals surface area contributed by atoms with Crippen molar-refractivity contribution in [3.05, 3.63) is 10.5 Å². The summed E-state index contributed by atoms with van der Waals surface area (Å²) in [7, 11) is 0. The van der Waals surface area contributed by atoms with Crippen LogP contribution in [0.5, 0.6) is 0 Å². The second-order valence-corrected chi connectivity index (χ2v) is 2.94. The Morgan fingerprint density at radius 3 is 2.64 bits per heavy atom. The first-order valence-corrected chi connectivity index (χ1v) is 4.49. The van der Waals surface area contributed by atoms with Crippen LogP contribution in [0.1, 0.15) is 26.2 Å². The highest BCUT2D eigenvalue weighted by atomic mass is 16.2. The summed E-state index contributed by atoms with van der Waals surface area (Å²) in [4.78, 5) is 21.9. The van der Waals surface area contributed by atoms with Crippen LogP contribution in [-0.4, -0.2) is 25.8 Å². The van der Waals surface area contributed by atoms with Gasteiger partial charge in [0, 0.05) is 6.54 Å². The molecular formula is C7H13N5O2. The van der Waals surface area contributed by atoms with Gasteiger partial charge in [-0.15, -0.1) is 4.68 Å². The van der Waals surface area contributed by atoms with E-state index in [2.05, 4.69) is 17.4 Å². The molecule has 0 saturated carbocycles. The maximum Gasteiger partial charge on any atom is 0.372 e. The molecule has 1 aromatic rings. The predicted octanol–water partition coefficient (Wildman–Crippen LogP) is -0.443. The largest absolute Gasteiger partial charge is 0.372 e. The number of hydrogen-bond acceptors (Lipinski definition) is 4. The fourth-order valence-electron chi connectivity index (χ4n) is 1.06. The highest BCUT2D eigenvalue weighted by Gasteiger charge is 2.09. The Kier molecular flexibility index (Phi) is 3.38. The lowest BCUT2D eigenvalue weighted by atomic mass is 10.2. The Morgan fingerprint density at radius 2 is 2.14 bits per heavy atom. The number of unbranched alkanes of at least 4 members (excludes halogenated alkanes) is 2. The monoisotopic (exact) mass is 199 g/mol. The van der Waals surface area contributed by atoms with Gasteiger partial charge in [-0.2, -0.15) is 4.68 Å². The Bertz CT molecular complexity index is 366. The smallest absolute Gasteiger partial charge is 0.350 e. The lowest BCUT2D eigenvalue weighted by molar-refractivity contribution is 0.246. The lowest BCUT2D eigenvalue weighted by Gasteiger charge is -1.95. The Balaban J connectivity index is 2.70. The van der Waals surface area contributed by atoms with Gasteiger partial charge < -0.3 is 5.73 Å². The van der Waals surface area contributed by atoms with Gasteiger partial charge in [0.05, 0.1) is 0 Å². The van der Waals surface area contributed by atoms with Crippen molar-refractivity contribution in [1.82, 2.24) is 19.8 Å². The van der Waals surface area contributed by atoms with Crippen molar-refractivity contribution >= 4 is 6.03 Å². The zero-order chi connectivity index (χ0) is 10.6. The molecule has 1 rings (SSSR count). The summed E-state index contributed by atoms with van der Waals surface area (Å²) in [6.07, 6.45) is 2.91. The molecule has 0 spiro atoms. The molecule has 0 radical (unpaired) electrons. The third kappa shape index (κ3) is 2.18. The summed E-state index contributed by atoms with van der Waals surface area (Å²) in [5.41, 5.74) is 4.32. The second-order valence-electron chi connectivity index (χ2n) is 2.94. The molecule has 0 unspecified atom stereocenters. The molecule has 1 aromatic heterocycles. The van der Waals surface area contributed by atoms with E-state index in [4.69, 9.17) is 5.73 Å². The van der Waals surface area contributed by atoms with Crippen LogP contribution in [0, 0.1) is 0 Å². The van der Waals surface area contributed by atoms with Gasteiger partial charge in [0.2, 0.25) is 0 Å². The number of carbonyl (C=O) groups excluding carboxylic acids is 1. The number of amides is 1. The molecule has 0 saturated heterocycles. The van der Waals surface area contributed by atoms with Gasteiger partial charge in [0.15, 0.2) is 0 Å². The van der Waals surface area contributed by atoms with E-state index >= 15 is 0 Å². The van der Waals surface area contributed by atoms with Crippen molar-refractivity contribution in [2.24, 2.45) is 5.73 Å². The van der Waals surface area contributed by atoms with Crippen molar-refractivity contribution in [1.29, 1.82) is 0 Å². The van der Waals surface area contributed by atoms with Gasteiger partial charge in [-0.05, 0) is 16.8 Å². The number of rotatable bonds is 4. The Hall–Kier alpha value is -1.66. The number of aryl methyl sites for hydroxylation is 1. The standard InChI is InChI=1S/C7H13N5O2/c1-2-3-4-5-11-7(14)12(6(8)13)10-9-11/h2-5H2,1H3,(H2,8,13). The van der Waals surface area contributed by atoms with Crippen molar-refractivity contribution in [3.63, 3.8) is 0 Å². The summed E-state index contributed by atoms with van der Waals surface area (Å²) in [6.45, 7) is 2.53. The van der Waals surface area contributed by atoms with E-state index in [-0.39, 0.29) is 0 Å². The molecule has 14 heavy (non-hydrogen) atoms. The highest BCUT2D eigenvalue weighted by Crippen LogP contribution is 1.94. The third-order valence-electron chi connectivity index (χ3n) is 1.82. The van der Waals surface area contributed by atoms with Gasteiger partial charge in [-0.25, -0.2) is 9.59 Å². The molecular weight excluding hydrogens is 186 g/mol. The van der Waals surface area contributed by atoms with E-state index in [1.807, 2.05) is 0 Å². The van der Waals surface area contributed by atoms with Gasteiger partial charge in [0.1, 0.15) is 0 Å². The molecule has 0 fully saturated rings. The Labute approximate surface area is 80.5 Å². The minimum atomic E-state index is -0.906. The van der Waals surface area contributed by atoms with Crippen molar-refractivity contribution in [3.8, 4) is 0 Å². The second kappa shape index (κ2) is 4.54. The molecule has 0 bridgehead atoms. The molecule has 0 aromatic carbocycles. The first kappa shape index (κ1) is 10.4. The molecule has 0 atom stereocenters. The average molecular weight is 199 g/mol. The lowest BCUT2D eigenvalue weighted by Crippen LogP contribution is -2.33. The van der Waals surface area contributed by atoms with Crippen molar-refractivity contribution in [2.45, 2.75) is 32.7 Å². The summed E-state index contributed by atoms with van der Waals surface area (Å²) in [5, 5.41) is 6.86. The molecule has 1 amide bonds. The number of carbonyl (C=O) groups is 1. The summed E-state index contributed by atoms with van der Waals surface area (Å²) < 4.78 is 1.69. The number of primary amides is 1. The highest BCUT2D eigenvalue weighted by molar-refractivity contribution is 5.72. The molecule has 78 valence electrons. The van der Waals surface area contributed by atoms with Gasteiger partial charge in [-0.3, -0.25) is 0 Å². The zero-order valence-electron chi connectivity index (χ0n) is 8.01. The van der Waals surface area contributed by atoms with E-state index in [0.717, 1.165) is 23.9 Å². The molecule has 2 N–H and O–H groups in total. The maximum atomic E-state index is 11.3. The fourth-order valence-corrected chi connectivity index (χ4v) is 1.06. The predicted molar refractivity (Wildman–Crippen MR) is 48.8 cm³/mol.